The molecule has 0 bridgehead atoms. The molecule has 0 radical (unpaired) electrons. The van der Waals surface area contributed by atoms with Gasteiger partial charge in [-0.05, 0) is 84.1 Å². The second kappa shape index (κ2) is 8.35. The van der Waals surface area contributed by atoms with Gasteiger partial charge in [-0.25, -0.2) is 0 Å². The first-order valence-electron chi connectivity index (χ1n) is 13.3. The van der Waals surface area contributed by atoms with E-state index in [9.17, 15) is 0 Å². The number of benzene rings is 6. The third-order valence-corrected chi connectivity index (χ3v) is 8.26. The summed E-state index contributed by atoms with van der Waals surface area (Å²) < 4.78 is 0. The average molecular weight is 463 g/mol. The van der Waals surface area contributed by atoms with Gasteiger partial charge in [0.1, 0.15) is 0 Å². The lowest BCUT2D eigenvalue weighted by Crippen LogP contribution is -2.04. The highest BCUT2D eigenvalue weighted by atomic mass is 14.3. The molecule has 1 unspecified atom stereocenters. The molecule has 36 heavy (non-hydrogen) atoms. The van der Waals surface area contributed by atoms with Gasteiger partial charge in [-0.15, -0.1) is 0 Å². The fourth-order valence-corrected chi connectivity index (χ4v) is 6.58. The lowest BCUT2D eigenvalue weighted by molar-refractivity contribution is 0.812. The highest BCUT2D eigenvalue weighted by Gasteiger charge is 2.28. The Morgan fingerprint density at radius 1 is 0.556 bits per heavy atom. The van der Waals surface area contributed by atoms with Crippen LogP contribution in [0.3, 0.4) is 0 Å². The molecule has 0 heteroatoms. The predicted molar refractivity (Wildman–Crippen MR) is 157 cm³/mol. The highest BCUT2D eigenvalue weighted by molar-refractivity contribution is 6.12. The summed E-state index contributed by atoms with van der Waals surface area (Å²) in [5.41, 5.74) is 5.91. The molecule has 6 aromatic rings. The molecule has 1 atom stereocenters. The summed E-state index contributed by atoms with van der Waals surface area (Å²) >= 11 is 0. The molecule has 0 nitrogen and oxygen atoms in total. The molecule has 0 saturated carbocycles. The maximum absolute atomic E-state index is 2.53. The fourth-order valence-electron chi connectivity index (χ4n) is 6.58. The zero-order valence-electron chi connectivity index (χ0n) is 21.0. The van der Waals surface area contributed by atoms with Gasteiger partial charge in [0.05, 0.1) is 0 Å². The summed E-state index contributed by atoms with van der Waals surface area (Å²) in [6.07, 6.45) is 4.83. The Balaban J connectivity index is 1.48. The van der Waals surface area contributed by atoms with Gasteiger partial charge in [0.25, 0.3) is 0 Å². The van der Waals surface area contributed by atoms with Crippen LogP contribution in [0.5, 0.6) is 0 Å². The van der Waals surface area contributed by atoms with E-state index in [4.69, 9.17) is 0 Å². The van der Waals surface area contributed by atoms with Crippen molar-refractivity contribution in [3.63, 3.8) is 0 Å². The molecular formula is C36H30. The van der Waals surface area contributed by atoms with Crippen LogP contribution in [0, 0.1) is 0 Å². The van der Waals surface area contributed by atoms with E-state index in [0.717, 1.165) is 6.42 Å². The number of allylic oxidation sites excluding steroid dienone is 2. The van der Waals surface area contributed by atoms with E-state index >= 15 is 0 Å². The van der Waals surface area contributed by atoms with Crippen LogP contribution in [0.25, 0.3) is 48.7 Å². The van der Waals surface area contributed by atoms with E-state index < -0.39 is 0 Å². The first-order valence-corrected chi connectivity index (χ1v) is 13.3. The van der Waals surface area contributed by atoms with Crippen LogP contribution in [-0.4, -0.2) is 0 Å². The third-order valence-electron chi connectivity index (χ3n) is 8.26. The van der Waals surface area contributed by atoms with Crippen molar-refractivity contribution in [3.05, 3.63) is 126 Å². The Morgan fingerprint density at radius 3 is 1.89 bits per heavy atom. The molecule has 0 N–H and O–H groups in total. The minimum atomic E-state index is 0.407. The van der Waals surface area contributed by atoms with Gasteiger partial charge in [-0.3, -0.25) is 0 Å². The molecule has 0 heterocycles. The SMILES string of the molecule is CC(C)c1ccc2c(ccc3ccccc32)c1C1=CCCC1c1cccc2c1ccc1ccccc12. The van der Waals surface area contributed by atoms with Crippen LogP contribution in [0.2, 0.25) is 0 Å². The van der Waals surface area contributed by atoms with E-state index in [-0.39, 0.29) is 0 Å². The van der Waals surface area contributed by atoms with Gasteiger partial charge in [0.15, 0.2) is 0 Å². The zero-order valence-corrected chi connectivity index (χ0v) is 21.0. The fraction of sp³-hybridized carbons (Fsp3) is 0.167. The van der Waals surface area contributed by atoms with Crippen molar-refractivity contribution in [1.29, 1.82) is 0 Å². The molecule has 0 saturated heterocycles. The Bertz CT molecular complexity index is 1820. The molecule has 0 spiro atoms. The number of fused-ring (bicyclic) bond motifs is 6. The van der Waals surface area contributed by atoms with Gasteiger partial charge in [0, 0.05) is 5.92 Å². The minimum absolute atomic E-state index is 0.407. The Morgan fingerprint density at radius 2 is 1.17 bits per heavy atom. The summed E-state index contributed by atoms with van der Waals surface area (Å²) in [4.78, 5) is 0. The number of hydrogen-bond acceptors (Lipinski definition) is 0. The Kier molecular flexibility index (Phi) is 4.96. The van der Waals surface area contributed by atoms with Crippen molar-refractivity contribution in [2.45, 2.75) is 38.5 Å². The summed E-state index contributed by atoms with van der Waals surface area (Å²) in [6, 6.07) is 38.6. The molecule has 0 aliphatic heterocycles. The van der Waals surface area contributed by atoms with Gasteiger partial charge in [-0.2, -0.15) is 0 Å². The normalized spacial score (nSPS) is 16.0. The molecule has 1 aliphatic carbocycles. The topological polar surface area (TPSA) is 0 Å². The maximum Gasteiger partial charge on any atom is 0.0101 e. The molecule has 174 valence electrons. The summed E-state index contributed by atoms with van der Waals surface area (Å²) in [5, 5.41) is 10.8. The largest absolute Gasteiger partial charge is 0.0800 e. The standard InChI is InChI=1S/C36H30/c1-23(2)26-21-22-32-28-12-6-4-10-25(28)18-20-35(32)36(26)34-16-8-15-31(34)30-14-7-13-29-27-11-5-3-9-24(27)17-19-33(29)30/h3-7,9-14,16-23,31H,8,15H2,1-2H3. The minimum Gasteiger partial charge on any atom is -0.0800 e. The van der Waals surface area contributed by atoms with Crippen molar-refractivity contribution in [2.24, 2.45) is 0 Å². The van der Waals surface area contributed by atoms with E-state index in [1.165, 1.54) is 71.8 Å². The first kappa shape index (κ1) is 21.4. The van der Waals surface area contributed by atoms with Crippen LogP contribution >= 0.6 is 0 Å². The Labute approximate surface area is 212 Å². The second-order valence-corrected chi connectivity index (χ2v) is 10.6. The van der Waals surface area contributed by atoms with Crippen molar-refractivity contribution < 1.29 is 0 Å². The van der Waals surface area contributed by atoms with E-state index in [1.807, 2.05) is 0 Å². The van der Waals surface area contributed by atoms with Gasteiger partial charge in [0.2, 0.25) is 0 Å². The molecule has 0 fully saturated rings. The predicted octanol–water partition coefficient (Wildman–Crippen LogP) is 10.4. The molecule has 7 rings (SSSR count). The van der Waals surface area contributed by atoms with Crippen LogP contribution in [-0.2, 0) is 0 Å². The number of hydrogen-bond donors (Lipinski definition) is 0. The van der Waals surface area contributed by atoms with Crippen LogP contribution < -0.4 is 0 Å². The molecule has 0 aromatic heterocycles. The van der Waals surface area contributed by atoms with E-state index in [0.29, 0.717) is 11.8 Å². The summed E-state index contributed by atoms with van der Waals surface area (Å²) in [7, 11) is 0. The number of rotatable bonds is 3. The smallest absolute Gasteiger partial charge is 0.0101 e. The van der Waals surface area contributed by atoms with Crippen LogP contribution in [0.1, 0.15) is 55.2 Å². The van der Waals surface area contributed by atoms with Crippen molar-refractivity contribution in [2.75, 3.05) is 0 Å². The van der Waals surface area contributed by atoms with Gasteiger partial charge < -0.3 is 0 Å². The zero-order chi connectivity index (χ0) is 24.2. The third kappa shape index (κ3) is 3.21. The average Bonchev–Trinajstić information content (AvgIpc) is 3.41. The van der Waals surface area contributed by atoms with Gasteiger partial charge in [-0.1, -0.05) is 123 Å². The monoisotopic (exact) mass is 462 g/mol. The maximum atomic E-state index is 2.53. The van der Waals surface area contributed by atoms with Crippen LogP contribution in [0.4, 0.5) is 0 Å². The summed E-state index contributed by atoms with van der Waals surface area (Å²) in [5.74, 6) is 0.874. The lowest BCUT2D eigenvalue weighted by Gasteiger charge is -2.24. The van der Waals surface area contributed by atoms with Crippen molar-refractivity contribution in [1.82, 2.24) is 0 Å². The Hall–Kier alpha value is -3.90. The van der Waals surface area contributed by atoms with E-state index in [1.54, 1.807) is 0 Å². The van der Waals surface area contributed by atoms with Crippen LogP contribution in [0.15, 0.2) is 109 Å². The van der Waals surface area contributed by atoms with Gasteiger partial charge >= 0.3 is 0 Å². The summed E-state index contributed by atoms with van der Waals surface area (Å²) in [6.45, 7) is 4.67. The van der Waals surface area contributed by atoms with E-state index in [2.05, 4.69) is 123 Å². The van der Waals surface area contributed by atoms with Crippen molar-refractivity contribution >= 4 is 48.7 Å². The second-order valence-electron chi connectivity index (χ2n) is 10.6. The molecule has 6 aromatic carbocycles. The highest BCUT2D eigenvalue weighted by Crippen LogP contribution is 2.48. The lowest BCUT2D eigenvalue weighted by atomic mass is 9.80. The molecule has 0 amide bonds. The van der Waals surface area contributed by atoms with Crippen molar-refractivity contribution in [3.8, 4) is 0 Å². The first-order chi connectivity index (χ1) is 17.7. The molecular weight excluding hydrogens is 432 g/mol. The molecule has 1 aliphatic rings. The quantitative estimate of drug-likeness (QED) is 0.229.